The van der Waals surface area contributed by atoms with Crippen LogP contribution >= 0.6 is 0 Å². The van der Waals surface area contributed by atoms with E-state index >= 15 is 0 Å². The van der Waals surface area contributed by atoms with Crippen LogP contribution in [0.25, 0.3) is 0 Å². The van der Waals surface area contributed by atoms with E-state index in [2.05, 4.69) is 29.2 Å². The highest BCUT2D eigenvalue weighted by Gasteiger charge is 2.52. The van der Waals surface area contributed by atoms with E-state index in [0.717, 1.165) is 54.6 Å². The third kappa shape index (κ3) is 5.01. The number of nitrogens with two attached hydrogens (primary N) is 1. The van der Waals surface area contributed by atoms with Crippen LogP contribution in [0.3, 0.4) is 0 Å². The highest BCUT2D eigenvalue weighted by atomic mass is 16.6. The molecule has 3 aromatic carbocycles. The standard InChI is InChI=1S/C30H35N3O2/c1-33-22-21-26(28(33)20-12-19-27(32-35-2)23-13-6-3-7-14-23)30(29(31)34,24-15-8-4-9-16-24)25-17-10-5-11-18-25/h3-11,13-18,26,28H,12,19-22H2,1-2H3,(H2,31,34)/b32-27+/t26-,28+/m1/s1. The molecule has 0 bridgehead atoms. The van der Waals surface area contributed by atoms with Gasteiger partial charge < -0.3 is 15.5 Å². The van der Waals surface area contributed by atoms with Crippen LogP contribution in [-0.2, 0) is 15.0 Å². The zero-order valence-corrected chi connectivity index (χ0v) is 20.6. The van der Waals surface area contributed by atoms with Crippen LogP contribution in [0.15, 0.2) is 96.2 Å². The molecule has 1 aliphatic heterocycles. The molecular weight excluding hydrogens is 434 g/mol. The van der Waals surface area contributed by atoms with Crippen LogP contribution in [0.2, 0.25) is 0 Å². The number of hydrogen-bond acceptors (Lipinski definition) is 4. The van der Waals surface area contributed by atoms with Crippen LogP contribution in [0.1, 0.15) is 42.4 Å². The first-order chi connectivity index (χ1) is 17.1. The minimum absolute atomic E-state index is 0.0642. The quantitative estimate of drug-likeness (QED) is 0.336. The first-order valence-corrected chi connectivity index (χ1v) is 12.4. The van der Waals surface area contributed by atoms with Gasteiger partial charge in [0.2, 0.25) is 5.91 Å². The predicted molar refractivity (Wildman–Crippen MR) is 141 cm³/mol. The topological polar surface area (TPSA) is 67.9 Å². The first kappa shape index (κ1) is 24.7. The van der Waals surface area contributed by atoms with Crippen LogP contribution in [-0.4, -0.2) is 43.3 Å². The van der Waals surface area contributed by atoms with Crippen LogP contribution in [0, 0.1) is 5.92 Å². The van der Waals surface area contributed by atoms with Crippen molar-refractivity contribution in [2.75, 3.05) is 20.7 Å². The Morgan fingerprint density at radius 3 is 2.03 bits per heavy atom. The smallest absolute Gasteiger partial charge is 0.232 e. The van der Waals surface area contributed by atoms with Gasteiger partial charge >= 0.3 is 0 Å². The minimum Gasteiger partial charge on any atom is -0.399 e. The molecule has 0 aromatic heterocycles. The number of hydrogen-bond donors (Lipinski definition) is 1. The SMILES string of the molecule is CO/N=C(\CCC[C@H]1[C@H](C(C(N)=O)(c2ccccc2)c2ccccc2)CCN1C)c1ccccc1. The number of carbonyl (C=O) groups is 1. The Balaban J connectivity index is 1.65. The molecule has 4 rings (SSSR count). The third-order valence-electron chi connectivity index (χ3n) is 7.45. The van der Waals surface area contributed by atoms with E-state index in [4.69, 9.17) is 10.6 Å². The zero-order chi connectivity index (χ0) is 24.7. The van der Waals surface area contributed by atoms with Crippen molar-refractivity contribution in [3.05, 3.63) is 108 Å². The number of nitrogens with zero attached hydrogens (tertiary/aromatic N) is 2. The lowest BCUT2D eigenvalue weighted by molar-refractivity contribution is -0.124. The summed E-state index contributed by atoms with van der Waals surface area (Å²) in [6.07, 6.45) is 3.58. The van der Waals surface area contributed by atoms with Crippen molar-refractivity contribution in [3.63, 3.8) is 0 Å². The average Bonchev–Trinajstić information content (AvgIpc) is 3.26. The van der Waals surface area contributed by atoms with Crippen molar-refractivity contribution < 1.29 is 9.63 Å². The van der Waals surface area contributed by atoms with Crippen LogP contribution in [0.5, 0.6) is 0 Å². The molecule has 0 spiro atoms. The Morgan fingerprint density at radius 1 is 0.971 bits per heavy atom. The highest BCUT2D eigenvalue weighted by Crippen LogP contribution is 2.47. The summed E-state index contributed by atoms with van der Waals surface area (Å²) in [5, 5.41) is 4.30. The van der Waals surface area contributed by atoms with Crippen LogP contribution < -0.4 is 5.73 Å². The molecule has 35 heavy (non-hydrogen) atoms. The van der Waals surface area contributed by atoms with Gasteiger partial charge in [0.15, 0.2) is 0 Å². The number of rotatable bonds is 10. The molecule has 182 valence electrons. The fourth-order valence-corrected chi connectivity index (χ4v) is 5.86. The molecule has 5 heteroatoms. The summed E-state index contributed by atoms with van der Waals surface area (Å²) in [7, 11) is 3.75. The number of amides is 1. The normalized spacial score (nSPS) is 19.0. The van der Waals surface area contributed by atoms with Gasteiger partial charge in [-0.3, -0.25) is 4.79 Å². The number of primary amides is 1. The van der Waals surface area contributed by atoms with Gasteiger partial charge in [-0.2, -0.15) is 0 Å². The number of carbonyl (C=O) groups excluding carboxylic acids is 1. The number of benzene rings is 3. The predicted octanol–water partition coefficient (Wildman–Crippen LogP) is 5.00. The fraction of sp³-hybridized carbons (Fsp3) is 0.333. The number of oxime groups is 1. The molecular formula is C30H35N3O2. The number of likely N-dealkylation sites (tertiary alicyclic amines) is 1. The summed E-state index contributed by atoms with van der Waals surface area (Å²) in [5.74, 6) is -0.222. The molecule has 0 aliphatic carbocycles. The second-order valence-electron chi connectivity index (χ2n) is 9.33. The maximum Gasteiger partial charge on any atom is 0.232 e. The van der Waals surface area contributed by atoms with Crippen molar-refractivity contribution in [3.8, 4) is 0 Å². The summed E-state index contributed by atoms with van der Waals surface area (Å²) >= 11 is 0. The van der Waals surface area contributed by atoms with E-state index < -0.39 is 5.41 Å². The first-order valence-electron chi connectivity index (χ1n) is 12.4. The molecule has 0 unspecified atom stereocenters. The van der Waals surface area contributed by atoms with E-state index in [0.29, 0.717) is 0 Å². The van der Waals surface area contributed by atoms with Crippen molar-refractivity contribution in [2.45, 2.75) is 37.1 Å². The summed E-state index contributed by atoms with van der Waals surface area (Å²) < 4.78 is 0. The Kier molecular flexibility index (Phi) is 7.98. The molecule has 1 heterocycles. The molecule has 1 fully saturated rings. The lowest BCUT2D eigenvalue weighted by Gasteiger charge is -2.41. The van der Waals surface area contributed by atoms with E-state index in [1.54, 1.807) is 7.11 Å². The largest absolute Gasteiger partial charge is 0.399 e. The Bertz CT molecular complexity index is 1080. The molecule has 1 amide bonds. The van der Waals surface area contributed by atoms with Crippen molar-refractivity contribution in [2.24, 2.45) is 16.8 Å². The minimum atomic E-state index is -0.888. The van der Waals surface area contributed by atoms with Crippen LogP contribution in [0.4, 0.5) is 0 Å². The van der Waals surface area contributed by atoms with Crippen molar-refractivity contribution in [1.82, 2.24) is 4.90 Å². The Labute approximate surface area is 208 Å². The Morgan fingerprint density at radius 2 is 1.51 bits per heavy atom. The van der Waals surface area contributed by atoms with Crippen molar-refractivity contribution in [1.29, 1.82) is 0 Å². The van der Waals surface area contributed by atoms with E-state index in [1.165, 1.54) is 0 Å². The van der Waals surface area contributed by atoms with Gasteiger partial charge in [-0.1, -0.05) is 96.2 Å². The summed E-state index contributed by atoms with van der Waals surface area (Å²) in [6.45, 7) is 0.932. The molecule has 1 aliphatic rings. The van der Waals surface area contributed by atoms with Crippen molar-refractivity contribution >= 4 is 11.6 Å². The summed E-state index contributed by atoms with van der Waals surface area (Å²) in [5.41, 5.74) is 9.39. The molecule has 5 nitrogen and oxygen atoms in total. The lowest BCUT2D eigenvalue weighted by Crippen LogP contribution is -2.52. The van der Waals surface area contributed by atoms with Gasteiger partial charge in [0, 0.05) is 6.04 Å². The highest BCUT2D eigenvalue weighted by molar-refractivity contribution is 6.00. The van der Waals surface area contributed by atoms with Gasteiger partial charge in [0.1, 0.15) is 12.5 Å². The molecule has 0 saturated carbocycles. The second kappa shape index (κ2) is 11.3. The molecule has 1 saturated heterocycles. The monoisotopic (exact) mass is 469 g/mol. The second-order valence-corrected chi connectivity index (χ2v) is 9.33. The zero-order valence-electron chi connectivity index (χ0n) is 20.6. The van der Waals surface area contributed by atoms with E-state index in [9.17, 15) is 4.79 Å². The van der Waals surface area contributed by atoms with Gasteiger partial charge in [-0.05, 0) is 61.9 Å². The van der Waals surface area contributed by atoms with E-state index in [-0.39, 0.29) is 17.9 Å². The Hall–Kier alpha value is -3.44. The molecule has 0 radical (unpaired) electrons. The average molecular weight is 470 g/mol. The molecule has 2 atom stereocenters. The fourth-order valence-electron chi connectivity index (χ4n) is 5.86. The summed E-state index contributed by atoms with van der Waals surface area (Å²) in [6, 6.07) is 30.5. The maximum absolute atomic E-state index is 13.5. The molecule has 2 N–H and O–H groups in total. The van der Waals surface area contributed by atoms with Gasteiger partial charge in [-0.15, -0.1) is 0 Å². The molecule has 3 aromatic rings. The lowest BCUT2D eigenvalue weighted by atomic mass is 9.62. The van der Waals surface area contributed by atoms with E-state index in [1.807, 2.05) is 78.9 Å². The maximum atomic E-state index is 13.5. The van der Waals surface area contributed by atoms with Gasteiger partial charge in [0.05, 0.1) is 5.71 Å². The summed E-state index contributed by atoms with van der Waals surface area (Å²) in [4.78, 5) is 21.0. The third-order valence-corrected chi connectivity index (χ3v) is 7.45. The van der Waals surface area contributed by atoms with Gasteiger partial charge in [0.25, 0.3) is 0 Å². The van der Waals surface area contributed by atoms with Gasteiger partial charge in [-0.25, -0.2) is 0 Å².